The fourth-order valence-electron chi connectivity index (χ4n) is 4.81. The highest BCUT2D eigenvalue weighted by atomic mass is 19.1. The molecule has 2 aliphatic heterocycles. The van der Waals surface area contributed by atoms with Crippen molar-refractivity contribution in [3.63, 3.8) is 0 Å². The zero-order valence-corrected chi connectivity index (χ0v) is 17.9. The van der Waals surface area contributed by atoms with E-state index in [4.69, 9.17) is 15.2 Å². The molecule has 6 rings (SSSR count). The van der Waals surface area contributed by atoms with Gasteiger partial charge >= 0.3 is 6.03 Å². The Morgan fingerprint density at radius 1 is 1.21 bits per heavy atom. The minimum atomic E-state index is -0.535. The Balaban J connectivity index is 1.32. The number of nitrogen functional groups attached to an aromatic ring is 1. The number of benzene rings is 1. The minimum absolute atomic E-state index is 0.00172. The van der Waals surface area contributed by atoms with Crippen LogP contribution in [0.15, 0.2) is 24.5 Å². The summed E-state index contributed by atoms with van der Waals surface area (Å²) in [7, 11) is 0. The number of urea groups is 1. The van der Waals surface area contributed by atoms with Gasteiger partial charge in [0.25, 0.3) is 0 Å². The normalized spacial score (nSPS) is 22.7. The highest BCUT2D eigenvalue weighted by Gasteiger charge is 2.54. The van der Waals surface area contributed by atoms with Gasteiger partial charge in [-0.1, -0.05) is 0 Å². The van der Waals surface area contributed by atoms with Crippen molar-refractivity contribution in [1.29, 1.82) is 0 Å². The number of rotatable bonds is 3. The van der Waals surface area contributed by atoms with E-state index in [1.165, 1.54) is 6.20 Å². The molecule has 4 heterocycles. The van der Waals surface area contributed by atoms with E-state index in [0.717, 1.165) is 11.3 Å². The predicted molar refractivity (Wildman–Crippen MR) is 122 cm³/mol. The number of carbonyl (C=O) groups excluding carboxylic acids is 1. The molecule has 1 aromatic carbocycles. The Morgan fingerprint density at radius 2 is 2.03 bits per heavy atom. The molecule has 5 N–H and O–H groups in total. The molecular formula is C23H23FN6O3. The number of amides is 2. The van der Waals surface area contributed by atoms with Gasteiger partial charge in [-0.05, 0) is 30.0 Å². The first kappa shape index (κ1) is 20.0. The summed E-state index contributed by atoms with van der Waals surface area (Å²) in [6, 6.07) is 3.22. The Hall–Kier alpha value is -3.66. The van der Waals surface area contributed by atoms with Gasteiger partial charge in [-0.25, -0.2) is 19.2 Å². The van der Waals surface area contributed by atoms with Crippen molar-refractivity contribution in [1.82, 2.24) is 15.3 Å². The second-order valence-electron chi connectivity index (χ2n) is 8.68. The average Bonchev–Trinajstić information content (AvgIpc) is 3.22. The Morgan fingerprint density at radius 3 is 2.85 bits per heavy atom. The van der Waals surface area contributed by atoms with Crippen LogP contribution in [-0.4, -0.2) is 48.4 Å². The maximum Gasteiger partial charge on any atom is 0.320 e. The third kappa shape index (κ3) is 3.29. The van der Waals surface area contributed by atoms with E-state index in [1.54, 1.807) is 18.3 Å². The van der Waals surface area contributed by atoms with Gasteiger partial charge in [0.15, 0.2) is 5.82 Å². The highest BCUT2D eigenvalue weighted by Crippen LogP contribution is 2.44. The highest BCUT2D eigenvalue weighted by molar-refractivity contribution is 6.00. The van der Waals surface area contributed by atoms with Crippen molar-refractivity contribution in [2.45, 2.75) is 13.0 Å². The minimum Gasteiger partial charge on any atom is -0.474 e. The van der Waals surface area contributed by atoms with Crippen LogP contribution >= 0.6 is 0 Å². The Labute approximate surface area is 188 Å². The number of hydrogen-bond donors (Lipinski definition) is 4. The van der Waals surface area contributed by atoms with Gasteiger partial charge in [0.1, 0.15) is 18.1 Å². The monoisotopic (exact) mass is 450 g/mol. The molecule has 1 saturated heterocycles. The van der Waals surface area contributed by atoms with E-state index in [-0.39, 0.29) is 17.8 Å². The van der Waals surface area contributed by atoms with Crippen molar-refractivity contribution in [3.05, 3.63) is 35.9 Å². The summed E-state index contributed by atoms with van der Waals surface area (Å²) >= 11 is 0. The summed E-state index contributed by atoms with van der Waals surface area (Å²) in [5.41, 5.74) is 8.65. The van der Waals surface area contributed by atoms with Gasteiger partial charge in [0.2, 0.25) is 5.88 Å². The fourth-order valence-corrected chi connectivity index (χ4v) is 4.81. The van der Waals surface area contributed by atoms with Crippen LogP contribution in [0.25, 0.3) is 21.9 Å². The Kier molecular flexibility index (Phi) is 4.51. The Bertz CT molecular complexity index is 1290. The molecule has 2 amide bonds. The molecule has 0 unspecified atom stereocenters. The fraction of sp³-hybridized carbons (Fsp3) is 0.348. The van der Waals surface area contributed by atoms with Crippen LogP contribution in [-0.2, 0) is 4.74 Å². The zero-order valence-electron chi connectivity index (χ0n) is 17.9. The first-order chi connectivity index (χ1) is 16.0. The molecule has 1 saturated carbocycles. The van der Waals surface area contributed by atoms with E-state index in [2.05, 4.69) is 25.9 Å². The first-order valence-corrected chi connectivity index (χ1v) is 10.9. The van der Waals surface area contributed by atoms with E-state index >= 15 is 4.39 Å². The number of nitrogens with one attached hydrogen (secondary N) is 3. The van der Waals surface area contributed by atoms with Crippen LogP contribution in [0.3, 0.4) is 0 Å². The molecule has 3 atom stereocenters. The zero-order chi connectivity index (χ0) is 22.7. The van der Waals surface area contributed by atoms with Crippen LogP contribution in [0.1, 0.15) is 5.56 Å². The van der Waals surface area contributed by atoms with E-state index < -0.39 is 5.82 Å². The van der Waals surface area contributed by atoms with Gasteiger partial charge < -0.3 is 25.8 Å². The molecule has 0 radical (unpaired) electrons. The molecule has 2 fully saturated rings. The van der Waals surface area contributed by atoms with Crippen LogP contribution < -0.4 is 26.4 Å². The molecule has 3 aliphatic rings. The topological polar surface area (TPSA) is 123 Å². The summed E-state index contributed by atoms with van der Waals surface area (Å²) in [6.45, 7) is 4.45. The van der Waals surface area contributed by atoms with Gasteiger partial charge in [0.05, 0.1) is 18.9 Å². The molecular weight excluding hydrogens is 427 g/mol. The number of carbonyl (C=O) groups is 1. The maximum atomic E-state index is 15.3. The second kappa shape index (κ2) is 7.45. The predicted octanol–water partition coefficient (Wildman–Crippen LogP) is 2.90. The molecule has 170 valence electrons. The second-order valence-corrected chi connectivity index (χ2v) is 8.68. The average molecular weight is 450 g/mol. The summed E-state index contributed by atoms with van der Waals surface area (Å²) in [6.07, 6.45) is 3.06. The lowest BCUT2D eigenvalue weighted by Gasteiger charge is -2.22. The number of pyridine rings is 2. The molecule has 0 spiro atoms. The molecule has 0 bridgehead atoms. The number of hydrogen-bond acceptors (Lipinski definition) is 7. The van der Waals surface area contributed by atoms with Crippen molar-refractivity contribution in [2.75, 3.05) is 42.7 Å². The number of nitrogens with zero attached hydrogens (tertiary/aromatic N) is 2. The third-order valence-electron chi connectivity index (χ3n) is 6.73. The quantitative estimate of drug-likeness (QED) is 0.453. The number of anilines is 3. The third-order valence-corrected chi connectivity index (χ3v) is 6.73. The summed E-state index contributed by atoms with van der Waals surface area (Å²) in [5, 5.41) is 10.1. The molecule has 1 aliphatic carbocycles. The lowest BCUT2D eigenvalue weighted by molar-refractivity contribution is 0.157. The lowest BCUT2D eigenvalue weighted by atomic mass is 9.97. The standard InChI is InChI=1S/C23H23FN6O3/c1-10-13(6-28-22-20(10)26-2-3-33-22)12-4-11-5-17(27-7-14(11)19(25)18(12)24)29-23(31)30-21-15-8-32-9-16(15)21/h4-7,15-16,21,26H,2-3,8-9,25H2,1H3,(H2,27,29,30,31)/t15-,16+,21+. The summed E-state index contributed by atoms with van der Waals surface area (Å²) in [5.74, 6) is 1.13. The molecule has 2 aromatic heterocycles. The van der Waals surface area contributed by atoms with Crippen LogP contribution in [0.2, 0.25) is 0 Å². The lowest BCUT2D eigenvalue weighted by Crippen LogP contribution is -2.34. The molecule has 3 aromatic rings. The first-order valence-electron chi connectivity index (χ1n) is 10.9. The number of ether oxygens (including phenoxy) is 2. The van der Waals surface area contributed by atoms with Crippen LogP contribution in [0.4, 0.5) is 26.4 Å². The van der Waals surface area contributed by atoms with Crippen molar-refractivity contribution in [3.8, 4) is 17.0 Å². The van der Waals surface area contributed by atoms with E-state index in [9.17, 15) is 4.79 Å². The molecule has 33 heavy (non-hydrogen) atoms. The van der Waals surface area contributed by atoms with Gasteiger partial charge in [0, 0.05) is 53.3 Å². The molecule has 9 nitrogen and oxygen atoms in total. The summed E-state index contributed by atoms with van der Waals surface area (Å²) < 4.78 is 26.2. The molecule has 10 heteroatoms. The van der Waals surface area contributed by atoms with Crippen LogP contribution in [0, 0.1) is 24.6 Å². The van der Waals surface area contributed by atoms with Crippen LogP contribution in [0.5, 0.6) is 5.88 Å². The van der Waals surface area contributed by atoms with Gasteiger partial charge in [-0.2, -0.15) is 0 Å². The summed E-state index contributed by atoms with van der Waals surface area (Å²) in [4.78, 5) is 21.0. The maximum absolute atomic E-state index is 15.3. The number of aromatic nitrogens is 2. The van der Waals surface area contributed by atoms with Crippen molar-refractivity contribution in [2.24, 2.45) is 11.8 Å². The van der Waals surface area contributed by atoms with Gasteiger partial charge in [-0.3, -0.25) is 5.32 Å². The number of halogens is 1. The smallest absolute Gasteiger partial charge is 0.320 e. The number of fused-ring (bicyclic) bond motifs is 3. The van der Waals surface area contributed by atoms with E-state index in [1.807, 2.05) is 6.92 Å². The van der Waals surface area contributed by atoms with Crippen molar-refractivity contribution < 1.29 is 18.7 Å². The largest absolute Gasteiger partial charge is 0.474 e. The van der Waals surface area contributed by atoms with Crippen molar-refractivity contribution >= 4 is 34.0 Å². The van der Waals surface area contributed by atoms with E-state index in [0.29, 0.717) is 71.8 Å². The SMILES string of the molecule is Cc1c(-c2cc3cc(NC(=O)N[C@H]4[C@@H]5COC[C@@H]54)ncc3c(N)c2F)cnc2c1NCCO2. The van der Waals surface area contributed by atoms with Gasteiger partial charge in [-0.15, -0.1) is 0 Å². The number of nitrogens with two attached hydrogens (primary N) is 1.